The van der Waals surface area contributed by atoms with Crippen LogP contribution in [-0.2, 0) is 0 Å². The van der Waals surface area contributed by atoms with Gasteiger partial charge in [0.2, 0.25) is 0 Å². The molecule has 6 heterocycles. The third kappa shape index (κ3) is 7.07. The number of rotatable bonds is 8. The van der Waals surface area contributed by atoms with E-state index >= 15 is 0 Å². The van der Waals surface area contributed by atoms with E-state index < -0.39 is 0 Å². The Kier molecular flexibility index (Phi) is 9.72. The summed E-state index contributed by atoms with van der Waals surface area (Å²) in [4.78, 5) is 16.3. The van der Waals surface area contributed by atoms with Crippen LogP contribution in [0.4, 0.5) is 11.4 Å². The predicted octanol–water partition coefficient (Wildman–Crippen LogP) is 14.1. The molecule has 3 N–H and O–H groups in total. The highest BCUT2D eigenvalue weighted by atomic mass is 16.5. The standard InChI is InChI=1S/C52H42N6O4/c1-30-28-36(29-31(2)52(30)61-5)58-57-35-12-6-32(7-13-35)49-43-22-18-39(53-43)41-20-24-45(55-41)50(33-8-14-37(59-3)15-9-33)47-26-27-48(62-47)51(34-10-16-38(60-4)17-11-34)46-25-21-42(56-46)40-19-23-44(49)54-40/h6-29,53,55-56H,1-5H3. The quantitative estimate of drug-likeness (QED) is 0.132. The van der Waals surface area contributed by atoms with Crippen molar-refractivity contribution in [3.8, 4) is 50.6 Å². The van der Waals surface area contributed by atoms with Crippen molar-refractivity contribution in [1.29, 1.82) is 0 Å². The molecule has 9 aromatic rings. The predicted molar refractivity (Wildman–Crippen MR) is 250 cm³/mol. The van der Waals surface area contributed by atoms with Crippen LogP contribution < -0.4 is 14.2 Å². The summed E-state index contributed by atoms with van der Waals surface area (Å²) in [6.45, 7) is 4.02. The third-order valence-electron chi connectivity index (χ3n) is 11.3. The van der Waals surface area contributed by atoms with E-state index in [1.54, 1.807) is 21.3 Å². The second kappa shape index (κ2) is 15.8. The van der Waals surface area contributed by atoms with Crippen LogP contribution in [0, 0.1) is 13.8 Å². The molecule has 10 nitrogen and oxygen atoms in total. The Labute approximate surface area is 357 Å². The molecule has 5 aromatic heterocycles. The number of hydrogen-bond acceptors (Lipinski definition) is 7. The van der Waals surface area contributed by atoms with E-state index in [1.165, 1.54) is 0 Å². The third-order valence-corrected chi connectivity index (χ3v) is 11.3. The van der Waals surface area contributed by atoms with Gasteiger partial charge in [0.25, 0.3) is 0 Å². The number of nitrogens with one attached hydrogen (secondary N) is 3. The Morgan fingerprint density at radius 2 is 0.871 bits per heavy atom. The number of nitrogens with zero attached hydrogens (tertiary/aromatic N) is 3. The van der Waals surface area contributed by atoms with E-state index in [4.69, 9.17) is 23.6 Å². The molecule has 0 unspecified atom stereocenters. The van der Waals surface area contributed by atoms with Gasteiger partial charge >= 0.3 is 0 Å². The van der Waals surface area contributed by atoms with E-state index in [0.717, 1.165) is 118 Å². The molecule has 10 heteroatoms. The summed E-state index contributed by atoms with van der Waals surface area (Å²) in [6, 6.07) is 44.7. The molecular formula is C52H42N6O4. The van der Waals surface area contributed by atoms with Crippen LogP contribution in [0.25, 0.3) is 89.8 Å². The van der Waals surface area contributed by atoms with Gasteiger partial charge in [-0.05, 0) is 151 Å². The van der Waals surface area contributed by atoms with Crippen LogP contribution in [0.3, 0.4) is 0 Å². The van der Waals surface area contributed by atoms with Crippen LogP contribution in [-0.4, -0.2) is 41.3 Å². The summed E-state index contributed by atoms with van der Waals surface area (Å²) >= 11 is 0. The maximum atomic E-state index is 6.87. The molecule has 0 saturated carbocycles. The van der Waals surface area contributed by atoms with E-state index in [1.807, 2.05) is 86.6 Å². The Hall–Kier alpha value is -8.11. The molecule has 1 aliphatic rings. The van der Waals surface area contributed by atoms with Gasteiger partial charge < -0.3 is 33.6 Å². The van der Waals surface area contributed by atoms with Gasteiger partial charge in [0.05, 0.1) is 71.7 Å². The van der Waals surface area contributed by atoms with E-state index in [-0.39, 0.29) is 0 Å². The summed E-state index contributed by atoms with van der Waals surface area (Å²) in [5.74, 6) is 2.40. The van der Waals surface area contributed by atoms with Crippen LogP contribution in [0.5, 0.6) is 17.2 Å². The lowest BCUT2D eigenvalue weighted by atomic mass is 10.0. The van der Waals surface area contributed by atoms with Crippen molar-refractivity contribution in [3.05, 3.63) is 156 Å². The molecule has 4 aromatic carbocycles. The molecule has 0 radical (unpaired) electrons. The molecule has 0 saturated heterocycles. The molecule has 1 aliphatic heterocycles. The van der Waals surface area contributed by atoms with Gasteiger partial charge in [-0.3, -0.25) is 0 Å². The molecule has 0 fully saturated rings. The van der Waals surface area contributed by atoms with Crippen molar-refractivity contribution < 1.29 is 18.6 Å². The Morgan fingerprint density at radius 3 is 1.40 bits per heavy atom. The topological polar surface area (TPSA) is 126 Å². The van der Waals surface area contributed by atoms with Gasteiger partial charge in [-0.25, -0.2) is 4.98 Å². The zero-order valence-electron chi connectivity index (χ0n) is 34.8. The highest BCUT2D eigenvalue weighted by Crippen LogP contribution is 2.38. The average Bonchev–Trinajstić information content (AvgIpc) is 4.16. The van der Waals surface area contributed by atoms with Gasteiger partial charge in [-0.2, -0.15) is 10.2 Å². The summed E-state index contributed by atoms with van der Waals surface area (Å²) < 4.78 is 23.4. The molecule has 0 amide bonds. The van der Waals surface area contributed by atoms with Crippen molar-refractivity contribution in [3.63, 3.8) is 0 Å². The van der Waals surface area contributed by atoms with Crippen LogP contribution in [0.15, 0.2) is 148 Å². The number of ether oxygens (including phenoxy) is 3. The fourth-order valence-electron chi connectivity index (χ4n) is 8.28. The molecule has 62 heavy (non-hydrogen) atoms. The number of methoxy groups -OCH3 is 3. The van der Waals surface area contributed by atoms with Gasteiger partial charge in [0.15, 0.2) is 0 Å². The smallest absolute Gasteiger partial charge is 0.137 e. The maximum Gasteiger partial charge on any atom is 0.137 e. The fourth-order valence-corrected chi connectivity index (χ4v) is 8.28. The number of hydrogen-bond donors (Lipinski definition) is 3. The summed E-state index contributed by atoms with van der Waals surface area (Å²) in [7, 11) is 5.03. The van der Waals surface area contributed by atoms with Crippen molar-refractivity contribution in [2.45, 2.75) is 13.8 Å². The fraction of sp³-hybridized carbons (Fsp3) is 0.0962. The molecule has 0 spiro atoms. The lowest BCUT2D eigenvalue weighted by molar-refractivity contribution is 0.408. The Bertz CT molecular complexity index is 3340. The van der Waals surface area contributed by atoms with Gasteiger partial charge in [0, 0.05) is 22.2 Å². The van der Waals surface area contributed by atoms with Crippen LogP contribution in [0.1, 0.15) is 22.5 Å². The first-order valence-electron chi connectivity index (χ1n) is 20.3. The first kappa shape index (κ1) is 38.1. The lowest BCUT2D eigenvalue weighted by Crippen LogP contribution is -1.90. The minimum atomic E-state index is 0.704. The Balaban J connectivity index is 1.20. The molecule has 10 rings (SSSR count). The average molecular weight is 815 g/mol. The molecule has 304 valence electrons. The van der Waals surface area contributed by atoms with Gasteiger partial charge in [-0.15, -0.1) is 0 Å². The molecule has 0 atom stereocenters. The van der Waals surface area contributed by atoms with Crippen molar-refractivity contribution in [2.75, 3.05) is 21.3 Å². The highest BCUT2D eigenvalue weighted by molar-refractivity contribution is 5.99. The number of aromatic nitrogens is 4. The zero-order chi connectivity index (χ0) is 42.3. The SMILES string of the molecule is COc1ccc(-c2c3ccc([nH]3)c3nc(c(-c4ccc(N=Nc5cc(C)c(OC)c(C)c5)cc4)c4ccc([nH]4)c4ccc([nH]4)c(-c4ccc(OC)cc4)c4ccc2o4)C=C3)cc1. The van der Waals surface area contributed by atoms with Crippen molar-refractivity contribution >= 4 is 67.8 Å². The number of azo groups is 1. The number of furan rings is 1. The summed E-state index contributed by atoms with van der Waals surface area (Å²) in [5.41, 5.74) is 17.7. The zero-order valence-corrected chi connectivity index (χ0v) is 34.8. The Morgan fingerprint density at radius 1 is 0.435 bits per heavy atom. The van der Waals surface area contributed by atoms with E-state index in [2.05, 4.69) is 98.0 Å². The number of fused-ring (bicyclic) bond motifs is 12. The second-order valence-corrected chi connectivity index (χ2v) is 15.2. The lowest BCUT2D eigenvalue weighted by Gasteiger charge is -2.08. The molecule has 10 bridgehead atoms. The number of H-pyrrole nitrogens is 3. The number of aryl methyl sites for hydroxylation is 2. The van der Waals surface area contributed by atoms with Crippen molar-refractivity contribution in [1.82, 2.24) is 19.9 Å². The monoisotopic (exact) mass is 814 g/mol. The summed E-state index contributed by atoms with van der Waals surface area (Å²) in [5, 5.41) is 9.13. The first-order valence-corrected chi connectivity index (χ1v) is 20.3. The van der Waals surface area contributed by atoms with Crippen LogP contribution in [0.2, 0.25) is 0 Å². The van der Waals surface area contributed by atoms with E-state index in [0.29, 0.717) is 11.2 Å². The highest BCUT2D eigenvalue weighted by Gasteiger charge is 2.16. The summed E-state index contributed by atoms with van der Waals surface area (Å²) in [6.07, 6.45) is 4.12. The number of aromatic amines is 3. The normalized spacial score (nSPS) is 11.8. The van der Waals surface area contributed by atoms with Crippen molar-refractivity contribution in [2.24, 2.45) is 10.2 Å². The number of benzene rings is 4. The minimum Gasteiger partial charge on any atom is -0.497 e. The van der Waals surface area contributed by atoms with Crippen LogP contribution >= 0.6 is 0 Å². The molecular weight excluding hydrogens is 773 g/mol. The second-order valence-electron chi connectivity index (χ2n) is 15.2. The van der Waals surface area contributed by atoms with Gasteiger partial charge in [0.1, 0.15) is 28.4 Å². The van der Waals surface area contributed by atoms with Gasteiger partial charge in [-0.1, -0.05) is 36.4 Å². The molecule has 0 aliphatic carbocycles. The maximum absolute atomic E-state index is 6.87. The largest absolute Gasteiger partial charge is 0.497 e. The first-order chi connectivity index (χ1) is 30.3. The van der Waals surface area contributed by atoms with E-state index in [9.17, 15) is 0 Å². The minimum absolute atomic E-state index is 0.704.